The van der Waals surface area contributed by atoms with E-state index in [1.165, 1.54) is 6.92 Å². The van der Waals surface area contributed by atoms with Gasteiger partial charge in [-0.1, -0.05) is 30.3 Å². The van der Waals surface area contributed by atoms with E-state index < -0.39 is 36.1 Å². The zero-order chi connectivity index (χ0) is 17.3. The Kier molecular flexibility index (Phi) is 6.24. The third-order valence-corrected chi connectivity index (χ3v) is 3.82. The average Bonchev–Trinajstić information content (AvgIpc) is 2.79. The van der Waals surface area contributed by atoms with Crippen molar-refractivity contribution in [1.82, 2.24) is 10.2 Å². The number of alkyl halides is 3. The van der Waals surface area contributed by atoms with Gasteiger partial charge >= 0.3 is 6.18 Å². The molecule has 134 valence electrons. The third kappa shape index (κ3) is 4.61. The van der Waals surface area contributed by atoms with E-state index in [1.54, 1.807) is 30.3 Å². The van der Waals surface area contributed by atoms with Gasteiger partial charge in [-0.2, -0.15) is 13.2 Å². The molecule has 5 nitrogen and oxygen atoms in total. The van der Waals surface area contributed by atoms with E-state index in [-0.39, 0.29) is 25.4 Å². The van der Waals surface area contributed by atoms with Gasteiger partial charge < -0.3 is 16.0 Å². The minimum atomic E-state index is -4.46. The molecule has 1 aliphatic rings. The van der Waals surface area contributed by atoms with Gasteiger partial charge in [0.2, 0.25) is 11.8 Å². The molecule has 2 amide bonds. The van der Waals surface area contributed by atoms with E-state index in [2.05, 4.69) is 5.32 Å². The fourth-order valence-electron chi connectivity index (χ4n) is 2.47. The summed E-state index contributed by atoms with van der Waals surface area (Å²) in [5.74, 6) is -1.34. The third-order valence-electron chi connectivity index (χ3n) is 3.82. The lowest BCUT2D eigenvalue weighted by Crippen LogP contribution is -2.53. The minimum Gasteiger partial charge on any atom is -0.342 e. The number of carbonyl (C=O) groups is 2. The van der Waals surface area contributed by atoms with Gasteiger partial charge in [-0.05, 0) is 18.9 Å². The number of halogens is 4. The minimum absolute atomic E-state index is 0. The Morgan fingerprint density at radius 3 is 2.46 bits per heavy atom. The Balaban J connectivity index is 0.00000288. The van der Waals surface area contributed by atoms with Crippen LogP contribution in [0.2, 0.25) is 0 Å². The Morgan fingerprint density at radius 2 is 1.92 bits per heavy atom. The fourth-order valence-corrected chi connectivity index (χ4v) is 2.47. The zero-order valence-corrected chi connectivity index (χ0v) is 13.8. The van der Waals surface area contributed by atoms with Crippen LogP contribution in [0.5, 0.6) is 0 Å². The van der Waals surface area contributed by atoms with Crippen molar-refractivity contribution in [3.63, 3.8) is 0 Å². The standard InChI is InChI=1S/C15H18F3N3O2.ClH/c1-14(19,10-5-3-2-4-6-10)13(23)20-11-7-8-21(12(11)22)9-15(16,17)18;/h2-6,11H,7-9,19H2,1H3,(H,20,23);1H. The Morgan fingerprint density at radius 1 is 1.33 bits per heavy atom. The number of nitrogens with one attached hydrogen (secondary N) is 1. The molecule has 0 saturated carbocycles. The van der Waals surface area contributed by atoms with E-state index in [0.717, 1.165) is 0 Å². The van der Waals surface area contributed by atoms with Gasteiger partial charge in [0.1, 0.15) is 18.1 Å². The lowest BCUT2D eigenvalue weighted by atomic mass is 9.92. The van der Waals surface area contributed by atoms with Crippen LogP contribution in [0.3, 0.4) is 0 Å². The summed E-state index contributed by atoms with van der Waals surface area (Å²) in [6.45, 7) is 0.136. The lowest BCUT2D eigenvalue weighted by molar-refractivity contribution is -0.158. The summed E-state index contributed by atoms with van der Waals surface area (Å²) in [7, 11) is 0. The van der Waals surface area contributed by atoms with Crippen LogP contribution >= 0.6 is 12.4 Å². The van der Waals surface area contributed by atoms with Crippen molar-refractivity contribution in [1.29, 1.82) is 0 Å². The van der Waals surface area contributed by atoms with Crippen LogP contribution in [0.25, 0.3) is 0 Å². The summed E-state index contributed by atoms with van der Waals surface area (Å²) < 4.78 is 37.1. The Bertz CT molecular complexity index is 593. The molecular weight excluding hydrogens is 347 g/mol. The first-order valence-electron chi connectivity index (χ1n) is 7.12. The van der Waals surface area contributed by atoms with Crippen LogP contribution in [0.15, 0.2) is 30.3 Å². The van der Waals surface area contributed by atoms with Crippen molar-refractivity contribution in [2.24, 2.45) is 5.73 Å². The zero-order valence-electron chi connectivity index (χ0n) is 13.0. The molecule has 0 spiro atoms. The Hall–Kier alpha value is -1.80. The maximum atomic E-state index is 12.4. The Labute approximate surface area is 143 Å². The highest BCUT2D eigenvalue weighted by atomic mass is 35.5. The van der Waals surface area contributed by atoms with Crippen molar-refractivity contribution in [2.45, 2.75) is 31.1 Å². The number of hydrogen-bond acceptors (Lipinski definition) is 3. The summed E-state index contributed by atoms with van der Waals surface area (Å²) in [5.41, 5.74) is 5.20. The summed E-state index contributed by atoms with van der Waals surface area (Å²) in [5, 5.41) is 2.46. The van der Waals surface area contributed by atoms with Gasteiger partial charge in [0.05, 0.1) is 0 Å². The van der Waals surface area contributed by atoms with Crippen LogP contribution in [0.4, 0.5) is 13.2 Å². The highest BCUT2D eigenvalue weighted by molar-refractivity contribution is 5.93. The van der Waals surface area contributed by atoms with E-state index in [9.17, 15) is 22.8 Å². The van der Waals surface area contributed by atoms with Crippen molar-refractivity contribution in [3.8, 4) is 0 Å². The maximum absolute atomic E-state index is 12.4. The van der Waals surface area contributed by atoms with E-state index in [0.29, 0.717) is 10.5 Å². The van der Waals surface area contributed by atoms with Crippen LogP contribution in [-0.2, 0) is 15.1 Å². The van der Waals surface area contributed by atoms with E-state index >= 15 is 0 Å². The maximum Gasteiger partial charge on any atom is 0.406 e. The van der Waals surface area contributed by atoms with Gasteiger partial charge in [0, 0.05) is 6.54 Å². The normalized spacial score (nSPS) is 20.3. The predicted octanol–water partition coefficient (Wildman–Crippen LogP) is 1.56. The number of nitrogens with zero attached hydrogens (tertiary/aromatic N) is 1. The number of carbonyl (C=O) groups excluding carboxylic acids is 2. The molecule has 0 aromatic heterocycles. The second-order valence-corrected chi connectivity index (χ2v) is 5.76. The highest BCUT2D eigenvalue weighted by Gasteiger charge is 2.41. The number of rotatable bonds is 4. The fraction of sp³-hybridized carbons (Fsp3) is 0.467. The summed E-state index contributed by atoms with van der Waals surface area (Å²) in [6, 6.07) is 7.58. The van der Waals surface area contributed by atoms with Gasteiger partial charge in [-0.25, -0.2) is 0 Å². The topological polar surface area (TPSA) is 75.4 Å². The monoisotopic (exact) mass is 365 g/mol. The number of likely N-dealkylation sites (tertiary alicyclic amines) is 1. The van der Waals surface area contributed by atoms with Crippen molar-refractivity contribution < 1.29 is 22.8 Å². The molecule has 1 fully saturated rings. The van der Waals surface area contributed by atoms with E-state index in [4.69, 9.17) is 5.73 Å². The molecule has 1 saturated heterocycles. The van der Waals surface area contributed by atoms with Gasteiger partial charge in [0.15, 0.2) is 0 Å². The quantitative estimate of drug-likeness (QED) is 0.850. The smallest absolute Gasteiger partial charge is 0.342 e. The second kappa shape index (κ2) is 7.40. The highest BCUT2D eigenvalue weighted by Crippen LogP contribution is 2.22. The molecule has 3 N–H and O–H groups in total. The second-order valence-electron chi connectivity index (χ2n) is 5.76. The number of nitrogens with two attached hydrogens (primary N) is 1. The summed E-state index contributed by atoms with van der Waals surface area (Å²) in [6.07, 6.45) is -4.33. The number of benzene rings is 1. The van der Waals surface area contributed by atoms with Crippen molar-refractivity contribution in [3.05, 3.63) is 35.9 Å². The van der Waals surface area contributed by atoms with Crippen molar-refractivity contribution >= 4 is 24.2 Å². The molecule has 2 atom stereocenters. The van der Waals surface area contributed by atoms with Crippen LogP contribution < -0.4 is 11.1 Å². The molecule has 2 rings (SSSR count). The predicted molar refractivity (Wildman–Crippen MR) is 84.4 cm³/mol. The molecule has 9 heteroatoms. The van der Waals surface area contributed by atoms with Crippen LogP contribution in [0.1, 0.15) is 18.9 Å². The largest absolute Gasteiger partial charge is 0.406 e. The first-order valence-corrected chi connectivity index (χ1v) is 7.12. The first-order chi connectivity index (χ1) is 10.6. The number of amides is 2. The molecule has 1 heterocycles. The molecule has 1 aromatic carbocycles. The van der Waals surface area contributed by atoms with Gasteiger partial charge in [0.25, 0.3) is 0 Å². The summed E-state index contributed by atoms with van der Waals surface area (Å²) in [4.78, 5) is 25.0. The molecule has 1 aromatic rings. The van der Waals surface area contributed by atoms with Crippen molar-refractivity contribution in [2.75, 3.05) is 13.1 Å². The van der Waals surface area contributed by atoms with E-state index in [1.807, 2.05) is 0 Å². The first kappa shape index (κ1) is 20.2. The summed E-state index contributed by atoms with van der Waals surface area (Å²) >= 11 is 0. The molecule has 24 heavy (non-hydrogen) atoms. The number of hydrogen-bond donors (Lipinski definition) is 2. The molecular formula is C15H19ClF3N3O2. The molecule has 0 aliphatic carbocycles. The lowest BCUT2D eigenvalue weighted by Gasteiger charge is -2.26. The van der Waals surface area contributed by atoms with Gasteiger partial charge in [-0.15, -0.1) is 12.4 Å². The molecule has 0 radical (unpaired) electrons. The average molecular weight is 366 g/mol. The SMILES string of the molecule is CC(N)(C(=O)NC1CCN(CC(F)(F)F)C1=O)c1ccccc1.Cl. The molecule has 2 unspecified atom stereocenters. The molecule has 0 bridgehead atoms. The molecule has 1 aliphatic heterocycles. The van der Waals surface area contributed by atoms with Crippen LogP contribution in [0, 0.1) is 0 Å². The van der Waals surface area contributed by atoms with Gasteiger partial charge in [-0.3, -0.25) is 9.59 Å². The van der Waals surface area contributed by atoms with Crippen LogP contribution in [-0.4, -0.2) is 42.0 Å².